The number of nitrogens with one attached hydrogen (secondary N) is 1. The third-order valence-electron chi connectivity index (χ3n) is 7.50. The fourth-order valence-corrected chi connectivity index (χ4v) is 5.53. The first-order chi connectivity index (χ1) is 18.1. The number of imidazole rings is 1. The van der Waals surface area contributed by atoms with Crippen LogP contribution in [0, 0.1) is 5.92 Å². The summed E-state index contributed by atoms with van der Waals surface area (Å²) < 4.78 is 3.35. The fourth-order valence-electron chi connectivity index (χ4n) is 5.53. The van der Waals surface area contributed by atoms with Crippen LogP contribution in [-0.4, -0.2) is 35.5 Å². The predicted molar refractivity (Wildman–Crippen MR) is 143 cm³/mol. The average molecular weight is 499 g/mol. The number of H-pyrrole nitrogens is 1. The number of carbonyl (C=O) groups is 1. The van der Waals surface area contributed by atoms with Crippen LogP contribution in [0.15, 0.2) is 65.7 Å². The molecule has 2 aromatic carbocycles. The Kier molecular flexibility index (Phi) is 7.73. The van der Waals surface area contributed by atoms with E-state index in [1.54, 1.807) is 21.5 Å². The molecule has 8 nitrogen and oxygen atoms in total. The number of rotatable bonds is 10. The van der Waals surface area contributed by atoms with Gasteiger partial charge in [0.05, 0.1) is 12.6 Å². The largest absolute Gasteiger partial charge is 0.329 e. The zero-order chi connectivity index (χ0) is 25.6. The maximum Gasteiger partial charge on any atom is 0.329 e. The van der Waals surface area contributed by atoms with Gasteiger partial charge in [0.15, 0.2) is 11.6 Å². The number of hydrogen-bond acceptors (Lipinski definition) is 5. The Hall–Kier alpha value is -3.81. The van der Waals surface area contributed by atoms with Gasteiger partial charge in [0, 0.05) is 24.4 Å². The van der Waals surface area contributed by atoms with Gasteiger partial charge in [0.25, 0.3) is 0 Å². The van der Waals surface area contributed by atoms with Gasteiger partial charge in [-0.1, -0.05) is 94.0 Å². The standard InChI is InChI=1S/C29H34N6O2/c1-2-8-26(27(36)19-21-9-4-3-5-10-21)35-18-17-34(29(35)37)20-22-13-15-23(16-14-22)24-11-6-7-12-25(24)28-30-32-33-31-28/h6-7,11-18,21,26H,2-5,8-10,19-20H2,1H3,(H,30,31,32,33). The lowest BCUT2D eigenvalue weighted by Crippen LogP contribution is -2.32. The second kappa shape index (κ2) is 11.5. The van der Waals surface area contributed by atoms with Crippen molar-refractivity contribution in [2.24, 2.45) is 5.92 Å². The molecule has 0 amide bonds. The molecule has 1 saturated carbocycles. The van der Waals surface area contributed by atoms with Crippen molar-refractivity contribution in [1.82, 2.24) is 29.8 Å². The molecule has 1 fully saturated rings. The molecule has 1 aliphatic rings. The topological polar surface area (TPSA) is 98.5 Å². The highest BCUT2D eigenvalue weighted by Crippen LogP contribution is 2.30. The summed E-state index contributed by atoms with van der Waals surface area (Å²) in [6, 6.07) is 15.8. The highest BCUT2D eigenvalue weighted by atomic mass is 16.2. The van der Waals surface area contributed by atoms with E-state index in [4.69, 9.17) is 0 Å². The highest BCUT2D eigenvalue weighted by Gasteiger charge is 2.26. The first kappa shape index (κ1) is 24.9. The Labute approximate surface area is 216 Å². The summed E-state index contributed by atoms with van der Waals surface area (Å²) >= 11 is 0. The molecule has 0 spiro atoms. The first-order valence-corrected chi connectivity index (χ1v) is 13.4. The van der Waals surface area contributed by atoms with Crippen molar-refractivity contribution in [2.45, 2.75) is 70.9 Å². The van der Waals surface area contributed by atoms with Crippen molar-refractivity contribution in [3.63, 3.8) is 0 Å². The molecular weight excluding hydrogens is 464 g/mol. The van der Waals surface area contributed by atoms with E-state index in [0.29, 0.717) is 31.1 Å². The summed E-state index contributed by atoms with van der Waals surface area (Å²) in [5, 5.41) is 14.3. The number of aromatic amines is 1. The van der Waals surface area contributed by atoms with Crippen LogP contribution in [0.1, 0.15) is 69.9 Å². The van der Waals surface area contributed by atoms with E-state index in [9.17, 15) is 9.59 Å². The van der Waals surface area contributed by atoms with E-state index < -0.39 is 0 Å². The minimum atomic E-state index is -0.370. The monoisotopic (exact) mass is 498 g/mol. The second-order valence-electron chi connectivity index (χ2n) is 10.1. The Morgan fingerprint density at radius 3 is 2.49 bits per heavy atom. The van der Waals surface area contributed by atoms with E-state index in [0.717, 1.165) is 41.5 Å². The van der Waals surface area contributed by atoms with Crippen molar-refractivity contribution >= 4 is 5.78 Å². The number of tetrazole rings is 1. The molecule has 0 bridgehead atoms. The number of hydrogen-bond donors (Lipinski definition) is 1. The van der Waals surface area contributed by atoms with Crippen molar-refractivity contribution < 1.29 is 4.79 Å². The zero-order valence-electron chi connectivity index (χ0n) is 21.3. The van der Waals surface area contributed by atoms with Gasteiger partial charge in [-0.3, -0.25) is 13.9 Å². The van der Waals surface area contributed by atoms with Crippen LogP contribution in [-0.2, 0) is 11.3 Å². The molecule has 0 radical (unpaired) electrons. The summed E-state index contributed by atoms with van der Waals surface area (Å²) in [6.07, 6.45) is 11.7. The molecule has 1 aliphatic carbocycles. The Balaban J connectivity index is 1.32. The number of Topliss-reactive ketones (excluding diaryl/α,β-unsaturated/α-hetero) is 1. The fraction of sp³-hybridized carbons (Fsp3) is 0.414. The number of carbonyl (C=O) groups excluding carboxylic acids is 1. The SMILES string of the molecule is CCCC(C(=O)CC1CCCCC1)n1ccn(Cc2ccc(-c3ccccc3-c3nnn[nH]3)cc2)c1=O. The molecule has 1 atom stereocenters. The Bertz CT molecular complexity index is 1360. The predicted octanol–water partition coefficient (Wildman–Crippen LogP) is 5.43. The lowest BCUT2D eigenvalue weighted by molar-refractivity contribution is -0.123. The van der Waals surface area contributed by atoms with E-state index in [1.165, 1.54) is 19.3 Å². The number of nitrogens with zero attached hydrogens (tertiary/aromatic N) is 5. The van der Waals surface area contributed by atoms with E-state index in [2.05, 4.69) is 27.5 Å². The summed E-state index contributed by atoms with van der Waals surface area (Å²) in [6.45, 7) is 2.52. The lowest BCUT2D eigenvalue weighted by Gasteiger charge is -2.23. The van der Waals surface area contributed by atoms with Gasteiger partial charge in [-0.15, -0.1) is 5.10 Å². The van der Waals surface area contributed by atoms with Gasteiger partial charge in [-0.05, 0) is 39.5 Å². The molecule has 1 N–H and O–H groups in total. The summed E-state index contributed by atoms with van der Waals surface area (Å²) in [7, 11) is 0. The second-order valence-corrected chi connectivity index (χ2v) is 10.1. The van der Waals surface area contributed by atoms with Crippen LogP contribution in [0.2, 0.25) is 0 Å². The first-order valence-electron chi connectivity index (χ1n) is 13.4. The summed E-state index contributed by atoms with van der Waals surface area (Å²) in [4.78, 5) is 26.5. The third kappa shape index (κ3) is 5.63. The molecule has 0 aliphatic heterocycles. The number of benzene rings is 2. The van der Waals surface area contributed by atoms with Crippen molar-refractivity contribution in [2.75, 3.05) is 0 Å². The molecule has 2 aromatic heterocycles. The Morgan fingerprint density at radius 1 is 1.03 bits per heavy atom. The van der Waals surface area contributed by atoms with Crippen molar-refractivity contribution in [1.29, 1.82) is 0 Å². The summed E-state index contributed by atoms with van der Waals surface area (Å²) in [5.74, 6) is 1.30. The van der Waals surface area contributed by atoms with Crippen LogP contribution in [0.3, 0.4) is 0 Å². The van der Waals surface area contributed by atoms with Gasteiger partial charge >= 0.3 is 5.69 Å². The van der Waals surface area contributed by atoms with Gasteiger partial charge < -0.3 is 0 Å². The van der Waals surface area contributed by atoms with Crippen molar-refractivity contribution in [3.8, 4) is 22.5 Å². The summed E-state index contributed by atoms with van der Waals surface area (Å²) in [5.41, 5.74) is 3.88. The molecular formula is C29H34N6O2. The minimum absolute atomic E-state index is 0.123. The van der Waals surface area contributed by atoms with Crippen LogP contribution in [0.25, 0.3) is 22.5 Å². The van der Waals surface area contributed by atoms with Gasteiger partial charge in [0.2, 0.25) is 0 Å². The molecule has 192 valence electrons. The number of ketones is 1. The van der Waals surface area contributed by atoms with Crippen molar-refractivity contribution in [3.05, 3.63) is 77.0 Å². The highest BCUT2D eigenvalue weighted by molar-refractivity contribution is 5.83. The Morgan fingerprint density at radius 2 is 1.78 bits per heavy atom. The number of aromatic nitrogens is 6. The lowest BCUT2D eigenvalue weighted by atomic mass is 9.84. The third-order valence-corrected chi connectivity index (χ3v) is 7.50. The molecule has 5 rings (SSSR count). The molecule has 37 heavy (non-hydrogen) atoms. The van der Waals surface area contributed by atoms with Crippen LogP contribution in [0.5, 0.6) is 0 Å². The minimum Gasteiger partial charge on any atom is -0.297 e. The average Bonchev–Trinajstić information content (AvgIpc) is 3.59. The van der Waals surface area contributed by atoms with Crippen LogP contribution < -0.4 is 5.69 Å². The van der Waals surface area contributed by atoms with E-state index >= 15 is 0 Å². The maximum absolute atomic E-state index is 13.3. The molecule has 4 aromatic rings. The van der Waals surface area contributed by atoms with Gasteiger partial charge in [-0.25, -0.2) is 9.89 Å². The quantitative estimate of drug-likeness (QED) is 0.315. The molecule has 0 saturated heterocycles. The van der Waals surface area contributed by atoms with Crippen LogP contribution >= 0.6 is 0 Å². The normalized spacial score (nSPS) is 15.1. The molecule has 8 heteroatoms. The van der Waals surface area contributed by atoms with E-state index in [-0.39, 0.29) is 17.5 Å². The van der Waals surface area contributed by atoms with Crippen LogP contribution in [0.4, 0.5) is 0 Å². The zero-order valence-corrected chi connectivity index (χ0v) is 21.3. The van der Waals surface area contributed by atoms with E-state index in [1.807, 2.05) is 48.5 Å². The van der Waals surface area contributed by atoms with Gasteiger partial charge in [-0.2, -0.15) is 0 Å². The maximum atomic E-state index is 13.3. The van der Waals surface area contributed by atoms with Gasteiger partial charge in [0.1, 0.15) is 0 Å². The molecule has 1 unspecified atom stereocenters. The molecule has 2 heterocycles. The smallest absolute Gasteiger partial charge is 0.297 e.